The normalized spacial score (nSPS) is 12.5. The third-order valence-electron chi connectivity index (χ3n) is 3.42. The molecule has 0 aliphatic carbocycles. The van der Waals surface area contributed by atoms with Crippen LogP contribution in [0.1, 0.15) is 33.3 Å². The van der Waals surface area contributed by atoms with E-state index in [1.807, 2.05) is 19.9 Å². The molecule has 0 radical (unpaired) electrons. The first-order chi connectivity index (χ1) is 8.53. The van der Waals surface area contributed by atoms with E-state index in [-0.39, 0.29) is 5.69 Å². The third kappa shape index (κ3) is 4.26. The van der Waals surface area contributed by atoms with Gasteiger partial charge in [-0.05, 0) is 39.3 Å². The fourth-order valence-corrected chi connectivity index (χ4v) is 1.91. The zero-order valence-electron chi connectivity index (χ0n) is 11.5. The molecule has 0 aliphatic heterocycles. The summed E-state index contributed by atoms with van der Waals surface area (Å²) in [5.41, 5.74) is -0.569. The number of non-ortho nitro benzene ring substituents is 1. The maximum atomic E-state index is 10.8. The molecule has 2 N–H and O–H groups in total. The second-order valence-corrected chi connectivity index (χ2v) is 6.53. The molecule has 106 valence electrons. The van der Waals surface area contributed by atoms with Crippen LogP contribution in [0.3, 0.4) is 0 Å². The minimum atomic E-state index is -0.898. The van der Waals surface area contributed by atoms with E-state index in [4.69, 9.17) is 0 Å². The van der Waals surface area contributed by atoms with Gasteiger partial charge < -0.3 is 10.4 Å². The van der Waals surface area contributed by atoms with Crippen molar-refractivity contribution in [3.63, 3.8) is 0 Å². The van der Waals surface area contributed by atoms with Crippen LogP contribution in [-0.4, -0.2) is 21.2 Å². The molecule has 19 heavy (non-hydrogen) atoms. The standard InChI is InChI=1S/C13H19BrN2O3/c1-12(2,13(3,4)17)15-8-9-5-10(14)7-11(6-9)16(18)19/h5-7,15,17H,8H2,1-4H3. The SMILES string of the molecule is CC(C)(O)C(C)(C)NCc1cc(Br)cc([N+](=O)[O-])c1. The van der Waals surface area contributed by atoms with Crippen molar-refractivity contribution in [3.8, 4) is 0 Å². The Labute approximate surface area is 121 Å². The molecule has 0 unspecified atom stereocenters. The molecule has 0 saturated carbocycles. The summed E-state index contributed by atoms with van der Waals surface area (Å²) in [5.74, 6) is 0. The van der Waals surface area contributed by atoms with Gasteiger partial charge in [-0.25, -0.2) is 0 Å². The van der Waals surface area contributed by atoms with E-state index in [1.165, 1.54) is 12.1 Å². The van der Waals surface area contributed by atoms with Gasteiger partial charge in [0.05, 0.1) is 10.5 Å². The largest absolute Gasteiger partial charge is 0.389 e. The molecule has 0 amide bonds. The predicted molar refractivity (Wildman–Crippen MR) is 78.0 cm³/mol. The van der Waals surface area contributed by atoms with Crippen molar-refractivity contribution >= 4 is 21.6 Å². The molecule has 0 spiro atoms. The van der Waals surface area contributed by atoms with Gasteiger partial charge in [-0.1, -0.05) is 15.9 Å². The summed E-state index contributed by atoms with van der Waals surface area (Å²) in [4.78, 5) is 10.4. The smallest absolute Gasteiger partial charge is 0.270 e. The lowest BCUT2D eigenvalue weighted by Crippen LogP contribution is -2.55. The van der Waals surface area contributed by atoms with Gasteiger partial charge in [0, 0.05) is 28.7 Å². The van der Waals surface area contributed by atoms with E-state index in [0.29, 0.717) is 11.0 Å². The average Bonchev–Trinajstić information content (AvgIpc) is 2.24. The first-order valence-electron chi connectivity index (χ1n) is 5.94. The van der Waals surface area contributed by atoms with Gasteiger partial charge in [0.15, 0.2) is 0 Å². The molecule has 6 heteroatoms. The number of benzene rings is 1. The number of nitrogens with one attached hydrogen (secondary N) is 1. The molecule has 1 rings (SSSR count). The summed E-state index contributed by atoms with van der Waals surface area (Å²) in [7, 11) is 0. The first-order valence-corrected chi connectivity index (χ1v) is 6.73. The van der Waals surface area contributed by atoms with E-state index >= 15 is 0 Å². The number of nitro benzene ring substituents is 1. The Hall–Kier alpha value is -0.980. The zero-order chi connectivity index (χ0) is 14.8. The number of hydrogen-bond acceptors (Lipinski definition) is 4. The minimum Gasteiger partial charge on any atom is -0.389 e. The summed E-state index contributed by atoms with van der Waals surface area (Å²) in [6, 6.07) is 4.81. The summed E-state index contributed by atoms with van der Waals surface area (Å²) in [6.45, 7) is 7.67. The summed E-state index contributed by atoms with van der Waals surface area (Å²) in [5, 5.41) is 24.0. The van der Waals surface area contributed by atoms with Crippen LogP contribution in [-0.2, 0) is 6.54 Å². The minimum absolute atomic E-state index is 0.0484. The summed E-state index contributed by atoms with van der Waals surface area (Å²) < 4.78 is 0.666. The van der Waals surface area contributed by atoms with E-state index in [0.717, 1.165) is 5.56 Å². The van der Waals surface area contributed by atoms with Crippen LogP contribution in [0.5, 0.6) is 0 Å². The number of rotatable bonds is 5. The molecule has 1 aromatic rings. The van der Waals surface area contributed by atoms with Crippen LogP contribution in [0.25, 0.3) is 0 Å². The molecule has 0 aromatic heterocycles. The topological polar surface area (TPSA) is 75.4 Å². The van der Waals surface area contributed by atoms with Crippen LogP contribution >= 0.6 is 15.9 Å². The van der Waals surface area contributed by atoms with Crippen molar-refractivity contribution in [2.75, 3.05) is 0 Å². The van der Waals surface area contributed by atoms with Crippen LogP contribution in [0.4, 0.5) is 5.69 Å². The number of halogens is 1. The van der Waals surface area contributed by atoms with E-state index < -0.39 is 16.1 Å². The first kappa shape index (κ1) is 16.1. The number of hydrogen-bond donors (Lipinski definition) is 2. The van der Waals surface area contributed by atoms with Gasteiger partial charge in [0.25, 0.3) is 5.69 Å². The van der Waals surface area contributed by atoms with E-state index in [1.54, 1.807) is 13.8 Å². The molecule has 0 aliphatic rings. The number of aliphatic hydroxyl groups is 1. The molecule has 0 heterocycles. The molecule has 0 bridgehead atoms. The Morgan fingerprint density at radius 3 is 2.37 bits per heavy atom. The highest BCUT2D eigenvalue weighted by atomic mass is 79.9. The van der Waals surface area contributed by atoms with Gasteiger partial charge in [0.2, 0.25) is 0 Å². The quantitative estimate of drug-likeness (QED) is 0.642. The summed E-state index contributed by atoms with van der Waals surface area (Å²) in [6.07, 6.45) is 0. The van der Waals surface area contributed by atoms with Gasteiger partial charge in [-0.3, -0.25) is 10.1 Å². The van der Waals surface area contributed by atoms with Crippen molar-refractivity contribution in [1.29, 1.82) is 0 Å². The van der Waals surface area contributed by atoms with Crippen molar-refractivity contribution in [3.05, 3.63) is 38.3 Å². The van der Waals surface area contributed by atoms with Crippen molar-refractivity contribution in [1.82, 2.24) is 5.32 Å². The highest BCUT2D eigenvalue weighted by molar-refractivity contribution is 9.10. The van der Waals surface area contributed by atoms with Crippen molar-refractivity contribution < 1.29 is 10.0 Å². The molecule has 0 saturated heterocycles. The molecule has 1 aromatic carbocycles. The van der Waals surface area contributed by atoms with E-state index in [9.17, 15) is 15.2 Å². The fourth-order valence-electron chi connectivity index (χ4n) is 1.38. The fraction of sp³-hybridized carbons (Fsp3) is 0.538. The Kier molecular flexibility index (Phi) is 4.71. The lowest BCUT2D eigenvalue weighted by Gasteiger charge is -2.38. The van der Waals surface area contributed by atoms with E-state index in [2.05, 4.69) is 21.2 Å². The third-order valence-corrected chi connectivity index (χ3v) is 3.87. The van der Waals surface area contributed by atoms with Gasteiger partial charge >= 0.3 is 0 Å². The maximum absolute atomic E-state index is 10.8. The highest BCUT2D eigenvalue weighted by Gasteiger charge is 2.34. The molecule has 0 fully saturated rings. The Morgan fingerprint density at radius 1 is 1.32 bits per heavy atom. The predicted octanol–water partition coefficient (Wildman–Crippen LogP) is 3.00. The molecular weight excluding hydrogens is 312 g/mol. The van der Waals surface area contributed by atoms with Crippen molar-refractivity contribution in [2.45, 2.75) is 45.4 Å². The Bertz CT molecular complexity index is 481. The monoisotopic (exact) mass is 330 g/mol. The zero-order valence-corrected chi connectivity index (χ0v) is 13.1. The number of nitrogens with zero attached hydrogens (tertiary/aromatic N) is 1. The molecular formula is C13H19BrN2O3. The second-order valence-electron chi connectivity index (χ2n) is 5.61. The van der Waals surface area contributed by atoms with Crippen LogP contribution in [0.15, 0.2) is 22.7 Å². The number of nitro groups is 1. The van der Waals surface area contributed by atoms with Crippen LogP contribution in [0, 0.1) is 10.1 Å². The van der Waals surface area contributed by atoms with Crippen LogP contribution < -0.4 is 5.32 Å². The van der Waals surface area contributed by atoms with Crippen molar-refractivity contribution in [2.24, 2.45) is 0 Å². The highest BCUT2D eigenvalue weighted by Crippen LogP contribution is 2.24. The van der Waals surface area contributed by atoms with Gasteiger partial charge in [-0.2, -0.15) is 0 Å². The lowest BCUT2D eigenvalue weighted by molar-refractivity contribution is -0.385. The van der Waals surface area contributed by atoms with Gasteiger partial charge in [-0.15, -0.1) is 0 Å². The maximum Gasteiger partial charge on any atom is 0.270 e. The summed E-state index contributed by atoms with van der Waals surface area (Å²) >= 11 is 3.26. The lowest BCUT2D eigenvalue weighted by atomic mass is 9.86. The molecule has 5 nitrogen and oxygen atoms in total. The Morgan fingerprint density at radius 2 is 1.89 bits per heavy atom. The molecule has 0 atom stereocenters. The van der Waals surface area contributed by atoms with Crippen LogP contribution in [0.2, 0.25) is 0 Å². The second kappa shape index (κ2) is 5.56. The van der Waals surface area contributed by atoms with Gasteiger partial charge in [0.1, 0.15) is 0 Å². The Balaban J connectivity index is 2.87. The average molecular weight is 331 g/mol.